The molecule has 2 amide bonds. The van der Waals surface area contributed by atoms with Crippen molar-refractivity contribution in [1.29, 1.82) is 0 Å². The molecule has 310 valence electrons. The van der Waals surface area contributed by atoms with Crippen LogP contribution in [0.25, 0.3) is 0 Å². The van der Waals surface area contributed by atoms with E-state index in [-0.39, 0.29) is 35.6 Å². The maximum atomic E-state index is 14.2. The van der Waals surface area contributed by atoms with Gasteiger partial charge in [-0.1, -0.05) is 179 Å². The average molecular weight is 962 g/mol. The van der Waals surface area contributed by atoms with Gasteiger partial charge in [-0.3, -0.25) is 14.4 Å². The van der Waals surface area contributed by atoms with Gasteiger partial charge in [0, 0.05) is 22.1 Å². The van der Waals surface area contributed by atoms with Crippen LogP contribution in [0.15, 0.2) is 162 Å². The predicted octanol–water partition coefficient (Wildman–Crippen LogP) is 8.83. The Labute approximate surface area is 377 Å². The van der Waals surface area contributed by atoms with Crippen LogP contribution in [0.2, 0.25) is 0 Å². The molecular formula is C48H44IN5O5S2. The molecule has 2 saturated heterocycles. The van der Waals surface area contributed by atoms with Gasteiger partial charge in [0.05, 0.1) is 0 Å². The first-order chi connectivity index (χ1) is 29.7. The summed E-state index contributed by atoms with van der Waals surface area (Å²) in [5.74, 6) is -0.820. The molecule has 2 aliphatic rings. The second kappa shape index (κ2) is 18.6. The molecule has 13 heteroatoms. The van der Waals surface area contributed by atoms with Gasteiger partial charge in [-0.2, -0.15) is 0 Å². The highest BCUT2D eigenvalue weighted by Gasteiger charge is 2.58. The number of amides is 2. The first-order valence-electron chi connectivity index (χ1n) is 20.0. The topological polar surface area (TPSA) is 122 Å². The van der Waals surface area contributed by atoms with E-state index in [1.54, 1.807) is 10.3 Å². The fourth-order valence-corrected chi connectivity index (χ4v) is 11.1. The molecule has 8 rings (SSSR count). The largest absolute Gasteiger partial charge is 0.452 e. The van der Waals surface area contributed by atoms with Crippen molar-refractivity contribution in [2.45, 2.75) is 43.0 Å². The zero-order chi connectivity index (χ0) is 42.4. The van der Waals surface area contributed by atoms with Crippen LogP contribution in [0.4, 0.5) is 5.13 Å². The minimum atomic E-state index is -0.940. The molecule has 0 radical (unpaired) electrons. The quantitative estimate of drug-likeness (QED) is 0.0199. The highest BCUT2D eigenvalue weighted by molar-refractivity contribution is 14.1. The third-order valence-corrected chi connectivity index (χ3v) is 14.6. The number of carbonyl (C=O) groups excluding carboxylic acids is 3. The summed E-state index contributed by atoms with van der Waals surface area (Å²) in [5.41, 5.74) is 3.21. The predicted molar refractivity (Wildman–Crippen MR) is 250 cm³/mol. The summed E-state index contributed by atoms with van der Waals surface area (Å²) in [6.45, 7) is 3.82. The summed E-state index contributed by atoms with van der Waals surface area (Å²) >= 11 is 5.02. The molecule has 2 unspecified atom stereocenters. The normalized spacial score (nSPS) is 18.9. The Balaban J connectivity index is 1.01. The van der Waals surface area contributed by atoms with Crippen molar-refractivity contribution >= 4 is 74.3 Å². The fraction of sp³-hybridized carbons (Fsp3) is 0.229. The van der Waals surface area contributed by atoms with Crippen LogP contribution in [-0.2, 0) is 29.5 Å². The second-order valence-electron chi connectivity index (χ2n) is 15.2. The minimum absolute atomic E-state index is 0.0483. The molecular weight excluding hydrogens is 918 g/mol. The van der Waals surface area contributed by atoms with Gasteiger partial charge in [-0.15, -0.1) is 23.1 Å². The van der Waals surface area contributed by atoms with Gasteiger partial charge in [0.2, 0.25) is 5.91 Å². The number of aromatic nitrogens is 1. The Morgan fingerprint density at radius 1 is 0.836 bits per heavy atom. The number of nitrogens with zero attached hydrogens (tertiary/aromatic N) is 3. The van der Waals surface area contributed by atoms with E-state index in [1.165, 1.54) is 23.1 Å². The van der Waals surface area contributed by atoms with Gasteiger partial charge in [0.25, 0.3) is 5.91 Å². The number of nitrogens with one attached hydrogen (secondary N) is 2. The number of thiazole rings is 1. The van der Waals surface area contributed by atoms with Gasteiger partial charge in [0.15, 0.2) is 16.9 Å². The molecule has 61 heavy (non-hydrogen) atoms. The van der Waals surface area contributed by atoms with Crippen LogP contribution in [0, 0.1) is 5.41 Å². The third-order valence-electron chi connectivity index (χ3n) is 10.8. The number of rotatable bonds is 15. The zero-order valence-electron chi connectivity index (χ0n) is 33.5. The molecule has 3 heterocycles. The van der Waals surface area contributed by atoms with Gasteiger partial charge in [-0.25, -0.2) is 4.98 Å². The first kappa shape index (κ1) is 42.2. The van der Waals surface area contributed by atoms with Crippen molar-refractivity contribution in [3.63, 3.8) is 0 Å². The van der Waals surface area contributed by atoms with Crippen LogP contribution >= 0.6 is 45.7 Å². The number of alkyl halides is 1. The number of thioether (sulfide) groups is 1. The molecule has 6 aromatic rings. The van der Waals surface area contributed by atoms with E-state index < -0.39 is 29.0 Å². The van der Waals surface area contributed by atoms with Crippen LogP contribution in [-0.4, -0.2) is 67.6 Å². The van der Waals surface area contributed by atoms with Crippen LogP contribution in [0.1, 0.15) is 53.5 Å². The minimum Gasteiger partial charge on any atom is -0.452 e. The fourth-order valence-electron chi connectivity index (χ4n) is 7.66. The highest BCUT2D eigenvalue weighted by Crippen LogP contribution is 2.45. The summed E-state index contributed by atoms with van der Waals surface area (Å²) < 4.78 is 6.77. The van der Waals surface area contributed by atoms with Crippen LogP contribution in [0.3, 0.4) is 0 Å². The Morgan fingerprint density at radius 3 is 1.84 bits per heavy atom. The first-order valence-corrected chi connectivity index (χ1v) is 23.4. The van der Waals surface area contributed by atoms with Gasteiger partial charge in [-0.05, 0) is 41.7 Å². The van der Waals surface area contributed by atoms with Gasteiger partial charge in [0.1, 0.15) is 34.2 Å². The molecule has 1 aromatic heterocycles. The maximum Gasteiger partial charge on any atom is 0.316 e. The number of hydrogen-bond donors (Lipinski definition) is 2. The van der Waals surface area contributed by atoms with Crippen LogP contribution < -0.4 is 10.6 Å². The van der Waals surface area contributed by atoms with Crippen molar-refractivity contribution < 1.29 is 24.0 Å². The van der Waals surface area contributed by atoms with E-state index in [1.807, 2.05) is 129 Å². The number of ether oxygens (including phenoxy) is 1. The molecule has 0 bridgehead atoms. The number of oxime groups is 1. The number of esters is 1. The lowest BCUT2D eigenvalue weighted by Gasteiger charge is -2.53. The Morgan fingerprint density at radius 2 is 1.34 bits per heavy atom. The molecule has 0 spiro atoms. The summed E-state index contributed by atoms with van der Waals surface area (Å²) in [4.78, 5) is 54.5. The SMILES string of the molecule is CC(C)ON=C(C(=O)NC1C(=O)N2CC(CI)(C(=O)OC(c3ccccc3)c3ccccc3)CS[C@H]12)c1csc(NC(c2ccccc2)(c2ccccc2)c2ccccc2)n1. The summed E-state index contributed by atoms with van der Waals surface area (Å²) in [7, 11) is 0. The lowest BCUT2D eigenvalue weighted by atomic mass is 9.77. The highest BCUT2D eigenvalue weighted by atomic mass is 127. The Bertz CT molecular complexity index is 2340. The lowest BCUT2D eigenvalue weighted by molar-refractivity contribution is -0.163. The second-order valence-corrected chi connectivity index (χ2v) is 18.0. The summed E-state index contributed by atoms with van der Waals surface area (Å²) in [6, 6.07) is 49.0. The molecule has 3 atom stereocenters. The molecule has 2 N–H and O–H groups in total. The Kier molecular flexibility index (Phi) is 12.9. The Hall–Kier alpha value is -5.51. The number of halogens is 1. The molecule has 10 nitrogen and oxygen atoms in total. The van der Waals surface area contributed by atoms with Crippen molar-refractivity contribution in [2.75, 3.05) is 22.0 Å². The number of β-lactam (4-membered cyclic amide) rings is 1. The number of carbonyl (C=O) groups is 3. The van der Waals surface area contributed by atoms with E-state index in [9.17, 15) is 14.4 Å². The van der Waals surface area contributed by atoms with Crippen molar-refractivity contribution in [2.24, 2.45) is 10.6 Å². The van der Waals surface area contributed by atoms with Crippen LogP contribution in [0.5, 0.6) is 0 Å². The zero-order valence-corrected chi connectivity index (χ0v) is 37.3. The van der Waals surface area contributed by atoms with Crippen molar-refractivity contribution in [1.82, 2.24) is 15.2 Å². The van der Waals surface area contributed by atoms with Gasteiger partial charge >= 0.3 is 5.97 Å². The maximum absolute atomic E-state index is 14.2. The molecule has 2 fully saturated rings. The molecule has 5 aromatic carbocycles. The standard InChI is InChI=1S/C48H44IN5O5S2/c1-32(2)59-53-39(38-28-60-46(50-38)52-48(35-22-12-5-13-23-35,36-24-14-6-15-25-36)37-26-16-7-17-27-37)42(55)51-40-43(56)54-30-47(29-49,31-61-44(40)54)45(57)58-41(33-18-8-3-9-19-33)34-20-10-4-11-21-34/h3-28,32,40-41,44H,29-31H2,1-2H3,(H,50,52)(H,51,55)/t40?,44-,47?/m1/s1. The van der Waals surface area contributed by atoms with E-state index >= 15 is 0 Å². The average Bonchev–Trinajstić information content (AvgIpc) is 3.78. The summed E-state index contributed by atoms with van der Waals surface area (Å²) in [5, 5.41) is 12.9. The van der Waals surface area contributed by atoms with Crippen molar-refractivity contribution in [3.8, 4) is 0 Å². The van der Waals surface area contributed by atoms with Gasteiger partial charge < -0.3 is 25.1 Å². The summed E-state index contributed by atoms with van der Waals surface area (Å²) in [6.07, 6.45) is -0.921. The number of benzene rings is 5. The third kappa shape index (κ3) is 8.68. The number of hydrogen-bond acceptors (Lipinski definition) is 10. The monoisotopic (exact) mass is 961 g/mol. The molecule has 0 aliphatic carbocycles. The molecule has 2 aliphatic heterocycles. The van der Waals surface area contributed by atoms with E-state index in [0.717, 1.165) is 27.8 Å². The van der Waals surface area contributed by atoms with E-state index in [2.05, 4.69) is 74.8 Å². The number of fused-ring (bicyclic) bond motifs is 1. The van der Waals surface area contributed by atoms with E-state index in [0.29, 0.717) is 21.0 Å². The number of anilines is 1. The van der Waals surface area contributed by atoms with E-state index in [4.69, 9.17) is 14.6 Å². The smallest absolute Gasteiger partial charge is 0.316 e. The molecule has 0 saturated carbocycles. The lowest BCUT2D eigenvalue weighted by Crippen LogP contribution is -2.74. The van der Waals surface area contributed by atoms with Crippen molar-refractivity contribution in [3.05, 3.63) is 191 Å².